The van der Waals surface area contributed by atoms with Gasteiger partial charge in [0.2, 0.25) is 5.91 Å². The number of carboxylic acids is 1. The van der Waals surface area contributed by atoms with Gasteiger partial charge in [0.25, 0.3) is 0 Å². The van der Waals surface area contributed by atoms with E-state index in [1.54, 1.807) is 7.11 Å². The smallest absolute Gasteiger partial charge is 0.328 e. The summed E-state index contributed by atoms with van der Waals surface area (Å²) in [6, 6.07) is -0.835. The summed E-state index contributed by atoms with van der Waals surface area (Å²) in [7, 11) is 1.62. The third-order valence-corrected chi connectivity index (χ3v) is 2.72. The molecule has 1 N–H and O–H groups in total. The van der Waals surface area contributed by atoms with Crippen LogP contribution in [-0.2, 0) is 19.1 Å². The molecule has 6 heteroatoms. The van der Waals surface area contributed by atoms with Gasteiger partial charge in [0.05, 0.1) is 13.2 Å². The predicted molar refractivity (Wildman–Crippen MR) is 59.7 cm³/mol. The average Bonchev–Trinajstić information content (AvgIpc) is 2.34. The number of morpholine rings is 1. The minimum atomic E-state index is -1.00. The SMILES string of the molecule is COCCCCC(=O)N1CCOCC1C(=O)O. The molecule has 1 aliphatic heterocycles. The Kier molecular flexibility index (Phi) is 5.93. The molecule has 1 heterocycles. The molecule has 0 aromatic rings. The van der Waals surface area contributed by atoms with E-state index in [0.717, 1.165) is 12.8 Å². The van der Waals surface area contributed by atoms with Crippen LogP contribution in [0.3, 0.4) is 0 Å². The Labute approximate surface area is 100 Å². The second-order valence-corrected chi connectivity index (χ2v) is 3.97. The summed E-state index contributed by atoms with van der Waals surface area (Å²) in [4.78, 5) is 24.2. The highest BCUT2D eigenvalue weighted by Crippen LogP contribution is 2.11. The lowest BCUT2D eigenvalue weighted by molar-refractivity contribution is -0.158. The molecule has 1 aliphatic rings. The van der Waals surface area contributed by atoms with Crippen molar-refractivity contribution < 1.29 is 24.2 Å². The molecule has 1 unspecified atom stereocenters. The highest BCUT2D eigenvalue weighted by atomic mass is 16.5. The van der Waals surface area contributed by atoms with E-state index in [2.05, 4.69) is 0 Å². The number of rotatable bonds is 6. The summed E-state index contributed by atoms with van der Waals surface area (Å²) in [5, 5.41) is 8.97. The first-order valence-electron chi connectivity index (χ1n) is 5.75. The van der Waals surface area contributed by atoms with E-state index >= 15 is 0 Å². The Morgan fingerprint density at radius 2 is 2.24 bits per heavy atom. The first kappa shape index (κ1) is 13.9. The molecule has 98 valence electrons. The van der Waals surface area contributed by atoms with Gasteiger partial charge in [-0.3, -0.25) is 4.79 Å². The van der Waals surface area contributed by atoms with Crippen LogP contribution < -0.4 is 0 Å². The van der Waals surface area contributed by atoms with Gasteiger partial charge >= 0.3 is 5.97 Å². The summed E-state index contributed by atoms with van der Waals surface area (Å²) < 4.78 is 9.96. The van der Waals surface area contributed by atoms with Gasteiger partial charge < -0.3 is 19.5 Å². The summed E-state index contributed by atoms with van der Waals surface area (Å²) in [6.45, 7) is 1.48. The Morgan fingerprint density at radius 1 is 1.47 bits per heavy atom. The second kappa shape index (κ2) is 7.24. The topological polar surface area (TPSA) is 76.1 Å². The van der Waals surface area contributed by atoms with Crippen molar-refractivity contribution in [3.05, 3.63) is 0 Å². The molecule has 0 bridgehead atoms. The predicted octanol–water partition coefficient (Wildman–Crippen LogP) is 0.115. The van der Waals surface area contributed by atoms with Crippen molar-refractivity contribution in [2.75, 3.05) is 33.5 Å². The molecule has 1 atom stereocenters. The lowest BCUT2D eigenvalue weighted by atomic mass is 10.1. The van der Waals surface area contributed by atoms with Crippen LogP contribution in [0, 0.1) is 0 Å². The largest absolute Gasteiger partial charge is 0.480 e. The number of aliphatic carboxylic acids is 1. The minimum absolute atomic E-state index is 0.0825. The van der Waals surface area contributed by atoms with Gasteiger partial charge in [-0.1, -0.05) is 0 Å². The van der Waals surface area contributed by atoms with Crippen LogP contribution in [0.4, 0.5) is 0 Å². The Balaban J connectivity index is 2.39. The van der Waals surface area contributed by atoms with Crippen LogP contribution in [0.2, 0.25) is 0 Å². The zero-order valence-corrected chi connectivity index (χ0v) is 10.1. The van der Waals surface area contributed by atoms with Crippen molar-refractivity contribution in [1.82, 2.24) is 4.90 Å². The number of carbonyl (C=O) groups is 2. The van der Waals surface area contributed by atoms with E-state index < -0.39 is 12.0 Å². The standard InChI is InChI=1S/C11H19NO5/c1-16-6-3-2-4-10(13)12-5-7-17-8-9(12)11(14)15/h9H,2-8H2,1H3,(H,14,15). The molecule has 17 heavy (non-hydrogen) atoms. The Morgan fingerprint density at radius 3 is 2.88 bits per heavy atom. The van der Waals surface area contributed by atoms with Gasteiger partial charge in [-0.15, -0.1) is 0 Å². The van der Waals surface area contributed by atoms with Gasteiger partial charge in [0.1, 0.15) is 0 Å². The highest BCUT2D eigenvalue weighted by molar-refractivity contribution is 5.83. The van der Waals surface area contributed by atoms with Crippen LogP contribution in [-0.4, -0.2) is 61.4 Å². The van der Waals surface area contributed by atoms with Crippen molar-refractivity contribution in [3.8, 4) is 0 Å². The highest BCUT2D eigenvalue weighted by Gasteiger charge is 2.32. The number of methoxy groups -OCH3 is 1. The molecule has 0 aromatic carbocycles. The monoisotopic (exact) mass is 245 g/mol. The number of hydrogen-bond acceptors (Lipinski definition) is 4. The zero-order valence-electron chi connectivity index (χ0n) is 10.1. The summed E-state index contributed by atoms with van der Waals surface area (Å²) in [6.07, 6.45) is 1.90. The summed E-state index contributed by atoms with van der Waals surface area (Å²) >= 11 is 0. The maximum atomic E-state index is 11.8. The van der Waals surface area contributed by atoms with Crippen LogP contribution in [0.1, 0.15) is 19.3 Å². The summed E-state index contributed by atoms with van der Waals surface area (Å²) in [5.41, 5.74) is 0. The molecule has 0 saturated carbocycles. The second-order valence-electron chi connectivity index (χ2n) is 3.97. The third-order valence-electron chi connectivity index (χ3n) is 2.72. The number of nitrogens with zero attached hydrogens (tertiary/aromatic N) is 1. The number of ether oxygens (including phenoxy) is 2. The number of amides is 1. The van der Waals surface area contributed by atoms with Crippen molar-refractivity contribution in [3.63, 3.8) is 0 Å². The normalized spacial score (nSPS) is 20.3. The molecule has 0 spiro atoms. The molecule has 1 amide bonds. The van der Waals surface area contributed by atoms with Gasteiger partial charge in [0.15, 0.2) is 6.04 Å². The number of unbranched alkanes of at least 4 members (excludes halogenated alkanes) is 1. The van der Waals surface area contributed by atoms with Crippen LogP contribution in [0.25, 0.3) is 0 Å². The maximum absolute atomic E-state index is 11.8. The number of carboxylic acid groups (broad SMARTS) is 1. The van der Waals surface area contributed by atoms with Crippen molar-refractivity contribution in [1.29, 1.82) is 0 Å². The van der Waals surface area contributed by atoms with Crippen molar-refractivity contribution in [2.45, 2.75) is 25.3 Å². The van der Waals surface area contributed by atoms with E-state index in [-0.39, 0.29) is 12.5 Å². The molecule has 0 aromatic heterocycles. The lowest BCUT2D eigenvalue weighted by Crippen LogP contribution is -2.52. The van der Waals surface area contributed by atoms with Crippen LogP contribution in [0.5, 0.6) is 0 Å². The number of carbonyl (C=O) groups excluding carboxylic acids is 1. The molecule has 1 fully saturated rings. The fraction of sp³-hybridized carbons (Fsp3) is 0.818. The first-order chi connectivity index (χ1) is 8.16. The zero-order chi connectivity index (χ0) is 12.7. The molecular weight excluding hydrogens is 226 g/mol. The molecule has 1 rings (SSSR count). The van der Waals surface area contributed by atoms with E-state index in [0.29, 0.717) is 26.2 Å². The lowest BCUT2D eigenvalue weighted by Gasteiger charge is -2.32. The van der Waals surface area contributed by atoms with E-state index in [4.69, 9.17) is 14.6 Å². The van der Waals surface area contributed by atoms with Gasteiger partial charge in [-0.25, -0.2) is 4.79 Å². The Hall–Kier alpha value is -1.14. The molecule has 0 aliphatic carbocycles. The molecule has 1 saturated heterocycles. The quantitative estimate of drug-likeness (QED) is 0.672. The van der Waals surface area contributed by atoms with E-state index in [1.807, 2.05) is 0 Å². The van der Waals surface area contributed by atoms with Crippen molar-refractivity contribution >= 4 is 11.9 Å². The van der Waals surface area contributed by atoms with Gasteiger partial charge in [-0.2, -0.15) is 0 Å². The average molecular weight is 245 g/mol. The van der Waals surface area contributed by atoms with E-state index in [9.17, 15) is 9.59 Å². The van der Waals surface area contributed by atoms with Gasteiger partial charge in [-0.05, 0) is 12.8 Å². The van der Waals surface area contributed by atoms with E-state index in [1.165, 1.54) is 4.90 Å². The fourth-order valence-corrected chi connectivity index (χ4v) is 1.77. The Bertz CT molecular complexity index is 269. The molecule has 6 nitrogen and oxygen atoms in total. The number of hydrogen-bond donors (Lipinski definition) is 1. The van der Waals surface area contributed by atoms with Crippen LogP contribution >= 0.6 is 0 Å². The van der Waals surface area contributed by atoms with Crippen molar-refractivity contribution in [2.24, 2.45) is 0 Å². The molecule has 0 radical (unpaired) electrons. The summed E-state index contributed by atoms with van der Waals surface area (Å²) in [5.74, 6) is -1.12. The third kappa shape index (κ3) is 4.32. The first-order valence-corrected chi connectivity index (χ1v) is 5.75. The minimum Gasteiger partial charge on any atom is -0.480 e. The maximum Gasteiger partial charge on any atom is 0.328 e. The molecular formula is C11H19NO5. The fourth-order valence-electron chi connectivity index (χ4n) is 1.77. The van der Waals surface area contributed by atoms with Crippen LogP contribution in [0.15, 0.2) is 0 Å². The van der Waals surface area contributed by atoms with Gasteiger partial charge in [0, 0.05) is 26.7 Å².